The summed E-state index contributed by atoms with van der Waals surface area (Å²) < 4.78 is 12.1. The zero-order chi connectivity index (χ0) is 8.27. The Labute approximate surface area is 80.3 Å². The maximum atomic E-state index is 12.1. The largest absolute Gasteiger partial charge is 0.366 e. The van der Waals surface area contributed by atoms with Crippen LogP contribution in [0.25, 0.3) is 0 Å². The first-order chi connectivity index (χ1) is 5.25. The minimum atomic E-state index is -0.654. The molecule has 1 rings (SSSR count). The zero-order valence-corrected chi connectivity index (χ0v) is 8.00. The van der Waals surface area contributed by atoms with Crippen LogP contribution in [0, 0.1) is 0 Å². The van der Waals surface area contributed by atoms with Gasteiger partial charge in [-0.1, -0.05) is 18.2 Å². The molecule has 4 heteroatoms. The van der Waals surface area contributed by atoms with Crippen molar-refractivity contribution in [3.8, 4) is 0 Å². The maximum Gasteiger partial charge on any atom is 0.249 e. The lowest BCUT2D eigenvalue weighted by atomic mass is 10.1. The summed E-state index contributed by atoms with van der Waals surface area (Å²) in [6, 6.07) is 6.37. The number of carbonyl (C=O) groups excluding carboxylic acids is 1. The summed E-state index contributed by atoms with van der Waals surface area (Å²) >= 11 is 0. The van der Waals surface area contributed by atoms with E-state index in [9.17, 15) is 9.18 Å². The van der Waals surface area contributed by atoms with E-state index in [0.717, 1.165) is 0 Å². The van der Waals surface area contributed by atoms with E-state index in [0.29, 0.717) is 5.56 Å². The van der Waals surface area contributed by atoms with Crippen LogP contribution in [0.4, 0.5) is 4.39 Å². The van der Waals surface area contributed by atoms with Gasteiger partial charge in [-0.15, -0.1) is 17.0 Å². The highest BCUT2D eigenvalue weighted by Gasteiger charge is 2.04. The number of primary amides is 1. The Morgan fingerprint density at radius 2 is 2.00 bits per heavy atom. The second kappa shape index (κ2) is 4.87. The second-order valence-corrected chi connectivity index (χ2v) is 2.16. The fourth-order valence-electron chi connectivity index (χ4n) is 0.877. The Balaban J connectivity index is 0.00000121. The molecule has 66 valence electrons. The number of halogens is 2. The van der Waals surface area contributed by atoms with Crippen LogP contribution in [0.1, 0.15) is 15.9 Å². The molecule has 0 spiro atoms. The summed E-state index contributed by atoms with van der Waals surface area (Å²) in [5.74, 6) is -0.585. The fourth-order valence-corrected chi connectivity index (χ4v) is 0.877. The lowest BCUT2D eigenvalue weighted by molar-refractivity contribution is 0.0998. The Bertz CT molecular complexity index is 278. The van der Waals surface area contributed by atoms with Crippen molar-refractivity contribution in [1.29, 1.82) is 0 Å². The summed E-state index contributed by atoms with van der Waals surface area (Å²) in [5, 5.41) is 0. The van der Waals surface area contributed by atoms with Gasteiger partial charge in [0.15, 0.2) is 0 Å². The standard InChI is InChI=1S/C8H8FNO.BrH/c9-5-6-3-1-2-4-7(6)8(10)11;/h1-4H,5H2,(H2,10,11);1H. The molecule has 2 nitrogen and oxygen atoms in total. The van der Waals surface area contributed by atoms with Gasteiger partial charge in [-0.25, -0.2) is 4.39 Å². The molecule has 0 bridgehead atoms. The van der Waals surface area contributed by atoms with E-state index in [1.807, 2.05) is 0 Å². The van der Waals surface area contributed by atoms with Crippen LogP contribution >= 0.6 is 17.0 Å². The molecule has 0 aliphatic heterocycles. The Morgan fingerprint density at radius 1 is 1.42 bits per heavy atom. The number of hydrogen-bond donors (Lipinski definition) is 1. The zero-order valence-electron chi connectivity index (χ0n) is 6.29. The third kappa shape index (κ3) is 2.30. The molecule has 0 aromatic heterocycles. The topological polar surface area (TPSA) is 43.1 Å². The van der Waals surface area contributed by atoms with Crippen molar-refractivity contribution in [3.63, 3.8) is 0 Å². The van der Waals surface area contributed by atoms with Gasteiger partial charge in [0, 0.05) is 5.56 Å². The lowest BCUT2D eigenvalue weighted by Crippen LogP contribution is -2.12. The van der Waals surface area contributed by atoms with Gasteiger partial charge in [0.05, 0.1) is 0 Å². The van der Waals surface area contributed by atoms with E-state index in [4.69, 9.17) is 5.73 Å². The van der Waals surface area contributed by atoms with Crippen molar-refractivity contribution >= 4 is 22.9 Å². The van der Waals surface area contributed by atoms with Crippen LogP contribution in [0.3, 0.4) is 0 Å². The van der Waals surface area contributed by atoms with Crippen LogP contribution in [-0.4, -0.2) is 5.91 Å². The first-order valence-electron chi connectivity index (χ1n) is 3.19. The molecule has 12 heavy (non-hydrogen) atoms. The third-order valence-corrected chi connectivity index (χ3v) is 1.43. The van der Waals surface area contributed by atoms with Gasteiger partial charge in [0.1, 0.15) is 6.67 Å². The summed E-state index contributed by atoms with van der Waals surface area (Å²) in [6.45, 7) is -0.654. The summed E-state index contributed by atoms with van der Waals surface area (Å²) in [6.07, 6.45) is 0. The molecule has 2 N–H and O–H groups in total. The molecule has 1 amide bonds. The molecule has 0 heterocycles. The van der Waals surface area contributed by atoms with Gasteiger partial charge in [-0.05, 0) is 11.6 Å². The molecule has 0 aliphatic rings. The molecule has 0 unspecified atom stereocenters. The third-order valence-electron chi connectivity index (χ3n) is 1.43. The van der Waals surface area contributed by atoms with E-state index in [1.165, 1.54) is 6.07 Å². The summed E-state index contributed by atoms with van der Waals surface area (Å²) in [7, 11) is 0. The molecule has 0 radical (unpaired) electrons. The summed E-state index contributed by atoms with van der Waals surface area (Å²) in [5.41, 5.74) is 5.59. The molecule has 1 aromatic rings. The minimum Gasteiger partial charge on any atom is -0.366 e. The van der Waals surface area contributed by atoms with E-state index >= 15 is 0 Å². The van der Waals surface area contributed by atoms with Crippen molar-refractivity contribution in [2.75, 3.05) is 0 Å². The van der Waals surface area contributed by atoms with Crippen molar-refractivity contribution in [1.82, 2.24) is 0 Å². The Kier molecular flexibility index (Phi) is 4.51. The van der Waals surface area contributed by atoms with Crippen molar-refractivity contribution in [2.45, 2.75) is 6.67 Å². The predicted octanol–water partition coefficient (Wildman–Crippen LogP) is 1.83. The van der Waals surface area contributed by atoms with Crippen LogP contribution in [0.2, 0.25) is 0 Å². The smallest absolute Gasteiger partial charge is 0.249 e. The van der Waals surface area contributed by atoms with Gasteiger partial charge in [0.25, 0.3) is 0 Å². The molecule has 1 aromatic carbocycles. The molecule has 0 saturated heterocycles. The molecular weight excluding hydrogens is 225 g/mol. The quantitative estimate of drug-likeness (QED) is 0.833. The summed E-state index contributed by atoms with van der Waals surface area (Å²) in [4.78, 5) is 10.6. The highest BCUT2D eigenvalue weighted by atomic mass is 79.9. The normalized spacial score (nSPS) is 8.75. The average molecular weight is 234 g/mol. The Morgan fingerprint density at radius 3 is 2.42 bits per heavy atom. The monoisotopic (exact) mass is 233 g/mol. The van der Waals surface area contributed by atoms with Gasteiger partial charge < -0.3 is 5.73 Å². The van der Waals surface area contributed by atoms with Gasteiger partial charge in [-0.2, -0.15) is 0 Å². The first kappa shape index (κ1) is 11.1. The number of carbonyl (C=O) groups is 1. The van der Waals surface area contributed by atoms with Crippen molar-refractivity contribution in [3.05, 3.63) is 35.4 Å². The number of alkyl halides is 1. The number of benzene rings is 1. The number of rotatable bonds is 2. The van der Waals surface area contributed by atoms with Crippen LogP contribution in [-0.2, 0) is 6.67 Å². The SMILES string of the molecule is Br.NC(=O)c1ccccc1CF. The number of hydrogen-bond acceptors (Lipinski definition) is 1. The molecule has 0 fully saturated rings. The minimum absolute atomic E-state index is 0. The predicted molar refractivity (Wildman–Crippen MR) is 50.1 cm³/mol. The molecular formula is C8H9BrFNO. The van der Waals surface area contributed by atoms with Crippen LogP contribution < -0.4 is 5.73 Å². The van der Waals surface area contributed by atoms with E-state index in [1.54, 1.807) is 18.2 Å². The van der Waals surface area contributed by atoms with Crippen molar-refractivity contribution in [2.24, 2.45) is 5.73 Å². The van der Waals surface area contributed by atoms with Crippen LogP contribution in [0.15, 0.2) is 24.3 Å². The number of amides is 1. The first-order valence-corrected chi connectivity index (χ1v) is 3.19. The molecule has 0 atom stereocenters. The van der Waals surface area contributed by atoms with E-state index in [2.05, 4.69) is 0 Å². The number of nitrogens with two attached hydrogens (primary N) is 1. The van der Waals surface area contributed by atoms with Gasteiger partial charge in [-0.3, -0.25) is 4.79 Å². The molecule has 0 saturated carbocycles. The second-order valence-electron chi connectivity index (χ2n) is 2.16. The van der Waals surface area contributed by atoms with E-state index in [-0.39, 0.29) is 22.5 Å². The van der Waals surface area contributed by atoms with Gasteiger partial charge in [0.2, 0.25) is 5.91 Å². The van der Waals surface area contributed by atoms with E-state index < -0.39 is 12.6 Å². The Hall–Kier alpha value is -0.900. The average Bonchev–Trinajstić information content (AvgIpc) is 2.04. The van der Waals surface area contributed by atoms with Crippen molar-refractivity contribution < 1.29 is 9.18 Å². The maximum absolute atomic E-state index is 12.1. The fraction of sp³-hybridized carbons (Fsp3) is 0.125. The van der Waals surface area contributed by atoms with Gasteiger partial charge >= 0.3 is 0 Å². The highest BCUT2D eigenvalue weighted by molar-refractivity contribution is 8.93. The molecule has 0 aliphatic carbocycles. The van der Waals surface area contributed by atoms with Crippen LogP contribution in [0.5, 0.6) is 0 Å². The lowest BCUT2D eigenvalue weighted by Gasteiger charge is -1.99. The highest BCUT2D eigenvalue weighted by Crippen LogP contribution is 2.08.